The van der Waals surface area contributed by atoms with Crippen molar-refractivity contribution in [3.05, 3.63) is 47.0 Å². The fourth-order valence-corrected chi connectivity index (χ4v) is 3.50. The molecule has 4 nitrogen and oxygen atoms in total. The van der Waals surface area contributed by atoms with Crippen LogP contribution in [-0.4, -0.2) is 25.8 Å². The van der Waals surface area contributed by atoms with Crippen LogP contribution in [0.2, 0.25) is 0 Å². The molecule has 2 amide bonds. The van der Waals surface area contributed by atoms with Gasteiger partial charge in [-0.1, -0.05) is 25.0 Å². The number of nitrogens with one attached hydrogen (secondary N) is 2. The molecule has 1 aliphatic carbocycles. The SMILES string of the molecule is O=C(NCC1=CCCOC1)NC1(c2ccc(F)cc2F)CCCC1. The molecule has 1 aliphatic heterocycles. The maximum absolute atomic E-state index is 14.2. The second-order valence-corrected chi connectivity index (χ2v) is 6.42. The molecule has 6 heteroatoms. The van der Waals surface area contributed by atoms with Crippen LogP contribution < -0.4 is 10.6 Å². The Morgan fingerprint density at radius 3 is 2.71 bits per heavy atom. The Morgan fingerprint density at radius 1 is 1.25 bits per heavy atom. The third-order valence-corrected chi connectivity index (χ3v) is 4.72. The lowest BCUT2D eigenvalue weighted by molar-refractivity contribution is 0.148. The summed E-state index contributed by atoms with van der Waals surface area (Å²) < 4.78 is 32.8. The van der Waals surface area contributed by atoms with E-state index in [2.05, 4.69) is 16.7 Å². The van der Waals surface area contributed by atoms with Gasteiger partial charge in [0.25, 0.3) is 0 Å². The summed E-state index contributed by atoms with van der Waals surface area (Å²) in [5.41, 5.74) is 0.626. The molecule has 1 fully saturated rings. The molecule has 3 rings (SSSR count). The van der Waals surface area contributed by atoms with E-state index in [0.29, 0.717) is 38.2 Å². The second-order valence-electron chi connectivity index (χ2n) is 6.42. The van der Waals surface area contributed by atoms with Crippen molar-refractivity contribution < 1.29 is 18.3 Å². The normalized spacial score (nSPS) is 19.7. The van der Waals surface area contributed by atoms with Crippen molar-refractivity contribution in [2.45, 2.75) is 37.6 Å². The van der Waals surface area contributed by atoms with Crippen LogP contribution >= 0.6 is 0 Å². The third-order valence-electron chi connectivity index (χ3n) is 4.72. The Morgan fingerprint density at radius 2 is 2.04 bits per heavy atom. The number of urea groups is 1. The lowest BCUT2D eigenvalue weighted by atomic mass is 9.87. The zero-order valence-corrected chi connectivity index (χ0v) is 13.5. The lowest BCUT2D eigenvalue weighted by Gasteiger charge is -2.31. The Balaban J connectivity index is 1.69. The Kier molecular flexibility index (Phi) is 5.14. The zero-order chi connectivity index (χ0) is 17.0. The fourth-order valence-electron chi connectivity index (χ4n) is 3.50. The van der Waals surface area contributed by atoms with Gasteiger partial charge in [0.05, 0.1) is 18.8 Å². The van der Waals surface area contributed by atoms with Crippen LogP contribution in [0, 0.1) is 11.6 Å². The predicted octanol–water partition coefficient (Wildman–Crippen LogP) is 3.38. The standard InChI is InChI=1S/C18H22F2N2O2/c19-14-5-6-15(16(20)10-14)18(7-1-2-8-18)22-17(23)21-11-13-4-3-9-24-12-13/h4-6,10H,1-3,7-9,11-12H2,(H2,21,22,23). The molecule has 2 aliphatic rings. The maximum atomic E-state index is 14.2. The van der Waals surface area contributed by atoms with Gasteiger partial charge in [0.15, 0.2) is 0 Å². The van der Waals surface area contributed by atoms with Gasteiger partial charge < -0.3 is 15.4 Å². The molecule has 24 heavy (non-hydrogen) atoms. The molecule has 0 atom stereocenters. The van der Waals surface area contributed by atoms with Crippen LogP contribution in [0.5, 0.6) is 0 Å². The van der Waals surface area contributed by atoms with Crippen molar-refractivity contribution in [3.8, 4) is 0 Å². The molecule has 1 aromatic rings. The minimum Gasteiger partial charge on any atom is -0.377 e. The lowest BCUT2D eigenvalue weighted by Crippen LogP contribution is -2.49. The molecule has 1 aromatic carbocycles. The summed E-state index contributed by atoms with van der Waals surface area (Å²) in [6.45, 7) is 1.65. The Bertz CT molecular complexity index is 640. The van der Waals surface area contributed by atoms with Crippen LogP contribution in [0.15, 0.2) is 29.8 Å². The summed E-state index contributed by atoms with van der Waals surface area (Å²) in [7, 11) is 0. The van der Waals surface area contributed by atoms with Gasteiger partial charge in [-0.25, -0.2) is 13.6 Å². The van der Waals surface area contributed by atoms with E-state index in [4.69, 9.17) is 4.74 Å². The molecule has 2 N–H and O–H groups in total. The number of carbonyl (C=O) groups excluding carboxylic acids is 1. The number of rotatable bonds is 4. The first kappa shape index (κ1) is 16.9. The number of ether oxygens (including phenoxy) is 1. The molecule has 0 bridgehead atoms. The maximum Gasteiger partial charge on any atom is 0.315 e. The molecular formula is C18H22F2N2O2. The predicted molar refractivity (Wildman–Crippen MR) is 86.6 cm³/mol. The van der Waals surface area contributed by atoms with Crippen LogP contribution in [0.25, 0.3) is 0 Å². The smallest absolute Gasteiger partial charge is 0.315 e. The highest BCUT2D eigenvalue weighted by Crippen LogP contribution is 2.40. The van der Waals surface area contributed by atoms with Crippen molar-refractivity contribution in [1.82, 2.24) is 10.6 Å². The molecule has 0 spiro atoms. The van der Waals surface area contributed by atoms with Crippen LogP contribution in [0.1, 0.15) is 37.7 Å². The van der Waals surface area contributed by atoms with Gasteiger partial charge in [-0.15, -0.1) is 0 Å². The third kappa shape index (κ3) is 3.75. The van der Waals surface area contributed by atoms with Crippen LogP contribution in [-0.2, 0) is 10.3 Å². The van der Waals surface area contributed by atoms with Crippen molar-refractivity contribution >= 4 is 6.03 Å². The zero-order valence-electron chi connectivity index (χ0n) is 13.5. The molecule has 0 unspecified atom stereocenters. The Labute approximate surface area is 140 Å². The highest BCUT2D eigenvalue weighted by molar-refractivity contribution is 5.75. The quantitative estimate of drug-likeness (QED) is 0.828. The van der Waals surface area contributed by atoms with Crippen LogP contribution in [0.4, 0.5) is 13.6 Å². The number of halogens is 2. The van der Waals surface area contributed by atoms with Gasteiger partial charge in [-0.2, -0.15) is 0 Å². The fraction of sp³-hybridized carbons (Fsp3) is 0.500. The summed E-state index contributed by atoms with van der Waals surface area (Å²) in [6.07, 6.45) is 6.01. The summed E-state index contributed by atoms with van der Waals surface area (Å²) in [5, 5.41) is 5.74. The molecular weight excluding hydrogens is 314 g/mol. The summed E-state index contributed by atoms with van der Waals surface area (Å²) in [5.74, 6) is -1.22. The number of benzene rings is 1. The minimum absolute atomic E-state index is 0.341. The minimum atomic E-state index is -0.765. The number of carbonyl (C=O) groups is 1. The number of hydrogen-bond acceptors (Lipinski definition) is 2. The molecule has 1 saturated carbocycles. The number of hydrogen-bond donors (Lipinski definition) is 2. The molecule has 1 heterocycles. The Hall–Kier alpha value is -1.95. The van der Waals surface area contributed by atoms with E-state index in [9.17, 15) is 13.6 Å². The summed E-state index contributed by atoms with van der Waals surface area (Å²) in [6, 6.07) is 3.21. The van der Waals surface area contributed by atoms with Gasteiger partial charge in [-0.3, -0.25) is 0 Å². The van der Waals surface area contributed by atoms with Crippen molar-refractivity contribution in [2.75, 3.05) is 19.8 Å². The van der Waals surface area contributed by atoms with E-state index in [0.717, 1.165) is 30.9 Å². The highest BCUT2D eigenvalue weighted by atomic mass is 19.1. The number of amides is 2. The van der Waals surface area contributed by atoms with E-state index in [1.807, 2.05) is 0 Å². The average Bonchev–Trinajstić information content (AvgIpc) is 3.03. The largest absolute Gasteiger partial charge is 0.377 e. The monoisotopic (exact) mass is 336 g/mol. The first-order chi connectivity index (χ1) is 11.6. The van der Waals surface area contributed by atoms with Gasteiger partial charge >= 0.3 is 6.03 Å². The van der Waals surface area contributed by atoms with E-state index in [1.165, 1.54) is 12.1 Å². The van der Waals surface area contributed by atoms with Crippen LogP contribution in [0.3, 0.4) is 0 Å². The van der Waals surface area contributed by atoms with Gasteiger partial charge in [0, 0.05) is 18.2 Å². The second kappa shape index (κ2) is 7.30. The van der Waals surface area contributed by atoms with Gasteiger partial charge in [0.1, 0.15) is 11.6 Å². The summed E-state index contributed by atoms with van der Waals surface area (Å²) in [4.78, 5) is 12.3. The highest BCUT2D eigenvalue weighted by Gasteiger charge is 2.39. The molecule has 0 saturated heterocycles. The van der Waals surface area contributed by atoms with Crippen molar-refractivity contribution in [3.63, 3.8) is 0 Å². The average molecular weight is 336 g/mol. The van der Waals surface area contributed by atoms with E-state index in [1.54, 1.807) is 0 Å². The molecule has 0 radical (unpaired) electrons. The van der Waals surface area contributed by atoms with Gasteiger partial charge in [-0.05, 0) is 30.9 Å². The van der Waals surface area contributed by atoms with E-state index >= 15 is 0 Å². The van der Waals surface area contributed by atoms with Crippen molar-refractivity contribution in [2.24, 2.45) is 0 Å². The van der Waals surface area contributed by atoms with Crippen molar-refractivity contribution in [1.29, 1.82) is 0 Å². The van der Waals surface area contributed by atoms with E-state index in [-0.39, 0.29) is 6.03 Å². The first-order valence-electron chi connectivity index (χ1n) is 8.36. The molecule has 130 valence electrons. The molecule has 0 aromatic heterocycles. The topological polar surface area (TPSA) is 50.4 Å². The van der Waals surface area contributed by atoms with E-state index < -0.39 is 17.2 Å². The first-order valence-corrected chi connectivity index (χ1v) is 8.36. The summed E-state index contributed by atoms with van der Waals surface area (Å²) >= 11 is 0. The van der Waals surface area contributed by atoms with Gasteiger partial charge in [0.2, 0.25) is 0 Å².